The molecule has 2 aromatic carbocycles. The summed E-state index contributed by atoms with van der Waals surface area (Å²) < 4.78 is 11.6. The van der Waals surface area contributed by atoms with E-state index in [0.717, 1.165) is 22.0 Å². The van der Waals surface area contributed by atoms with Gasteiger partial charge in [0.2, 0.25) is 0 Å². The largest absolute Gasteiger partial charge is 0.489 e. The molecule has 2 aliphatic heterocycles. The molecule has 2 heterocycles. The van der Waals surface area contributed by atoms with Gasteiger partial charge in [0.25, 0.3) is 0 Å². The molecule has 0 radical (unpaired) electrons. The van der Waals surface area contributed by atoms with Gasteiger partial charge in [0.15, 0.2) is 5.17 Å². The normalized spacial score (nSPS) is 17.6. The van der Waals surface area contributed by atoms with Gasteiger partial charge in [-0.1, -0.05) is 59.8 Å². The summed E-state index contributed by atoms with van der Waals surface area (Å²) in [6, 6.07) is 15.8. The highest BCUT2D eigenvalue weighted by atomic mass is 32.2. The van der Waals surface area contributed by atoms with Crippen molar-refractivity contribution in [2.75, 3.05) is 6.61 Å². The molecule has 0 saturated heterocycles. The maximum atomic E-state index is 12.9. The number of ether oxygens (including phenoxy) is 2. The number of rotatable bonds is 6. The third-order valence-corrected chi connectivity index (χ3v) is 5.82. The lowest BCUT2D eigenvalue weighted by Crippen LogP contribution is -2.34. The van der Waals surface area contributed by atoms with Gasteiger partial charge < -0.3 is 14.4 Å². The number of hydrogen-bond donors (Lipinski definition) is 0. The van der Waals surface area contributed by atoms with Crippen molar-refractivity contribution in [1.82, 2.24) is 4.90 Å². The van der Waals surface area contributed by atoms with E-state index in [1.807, 2.05) is 54.6 Å². The number of hydrogen-bond acceptors (Lipinski definition) is 6. The number of benzene rings is 2. The van der Waals surface area contributed by atoms with Crippen LogP contribution in [0.5, 0.6) is 5.75 Å². The number of aryl methyl sites for hydroxylation is 1. The number of thioether (sulfide) groups is 1. The molecule has 6 heteroatoms. The highest BCUT2D eigenvalue weighted by Crippen LogP contribution is 2.43. The van der Waals surface area contributed by atoms with Gasteiger partial charge in [0.05, 0.1) is 23.9 Å². The maximum Gasteiger partial charge on any atom is 0.338 e. The number of aliphatic imine (C=N–C) groups is 1. The van der Waals surface area contributed by atoms with Crippen LogP contribution < -0.4 is 4.74 Å². The van der Waals surface area contributed by atoms with Crippen LogP contribution in [0.25, 0.3) is 0 Å². The van der Waals surface area contributed by atoms with Crippen LogP contribution in [0.2, 0.25) is 0 Å². The van der Waals surface area contributed by atoms with Gasteiger partial charge in [-0.15, -0.1) is 0 Å². The minimum atomic E-state index is -0.350. The molecule has 0 unspecified atom stereocenters. The molecule has 0 N–H and O–H groups in total. The second kappa shape index (κ2) is 8.79. The highest BCUT2D eigenvalue weighted by molar-refractivity contribution is 8.16. The summed E-state index contributed by atoms with van der Waals surface area (Å²) in [5, 5.41) is 2.82. The highest BCUT2D eigenvalue weighted by Gasteiger charge is 2.38. The Morgan fingerprint density at radius 2 is 1.90 bits per heavy atom. The van der Waals surface area contributed by atoms with E-state index in [9.17, 15) is 4.79 Å². The molecule has 0 aliphatic carbocycles. The lowest BCUT2D eigenvalue weighted by molar-refractivity contribution is -0.139. The number of allylic oxidation sites excluding steroid dienone is 1. The molecule has 2 aromatic rings. The number of esters is 1. The van der Waals surface area contributed by atoms with Crippen molar-refractivity contribution >= 4 is 22.9 Å². The van der Waals surface area contributed by atoms with Crippen molar-refractivity contribution < 1.29 is 14.3 Å². The fourth-order valence-electron chi connectivity index (χ4n) is 3.56. The predicted octanol–water partition coefficient (Wildman–Crippen LogP) is 5.34. The second-order valence-electron chi connectivity index (χ2n) is 7.14. The van der Waals surface area contributed by atoms with E-state index >= 15 is 0 Å². The van der Waals surface area contributed by atoms with Gasteiger partial charge in [0.1, 0.15) is 12.4 Å². The average Bonchev–Trinajstić information content (AvgIpc) is 3.21. The van der Waals surface area contributed by atoms with Crippen molar-refractivity contribution in [3.05, 3.63) is 88.1 Å². The Hall–Kier alpha value is -2.99. The van der Waals surface area contributed by atoms with E-state index in [1.54, 1.807) is 11.8 Å². The minimum Gasteiger partial charge on any atom is -0.489 e. The third kappa shape index (κ3) is 4.00. The Morgan fingerprint density at radius 3 is 2.67 bits per heavy atom. The molecule has 0 fully saturated rings. The van der Waals surface area contributed by atoms with Crippen molar-refractivity contribution in [2.45, 2.75) is 33.4 Å². The average molecular weight is 421 g/mol. The van der Waals surface area contributed by atoms with Gasteiger partial charge in [-0.25, -0.2) is 9.79 Å². The molecule has 0 spiro atoms. The molecular weight excluding hydrogens is 396 g/mol. The fourth-order valence-corrected chi connectivity index (χ4v) is 4.35. The number of carbonyl (C=O) groups excluding carboxylic acids is 1. The number of carbonyl (C=O) groups is 1. The topological polar surface area (TPSA) is 51.1 Å². The Labute approximate surface area is 181 Å². The number of nitrogens with zero attached hydrogens (tertiary/aromatic N) is 2. The van der Waals surface area contributed by atoms with Crippen LogP contribution in [0, 0.1) is 6.92 Å². The zero-order valence-electron chi connectivity index (χ0n) is 17.3. The monoisotopic (exact) mass is 420 g/mol. The summed E-state index contributed by atoms with van der Waals surface area (Å²) in [4.78, 5) is 19.5. The van der Waals surface area contributed by atoms with Crippen LogP contribution >= 0.6 is 11.8 Å². The maximum absolute atomic E-state index is 12.9. The molecule has 0 saturated carbocycles. The molecule has 1 atom stereocenters. The van der Waals surface area contributed by atoms with Crippen LogP contribution in [0.3, 0.4) is 0 Å². The quantitative estimate of drug-likeness (QED) is 0.590. The van der Waals surface area contributed by atoms with Crippen molar-refractivity contribution in [3.63, 3.8) is 0 Å². The molecule has 154 valence electrons. The Balaban J connectivity index is 1.70. The third-order valence-electron chi connectivity index (χ3n) is 5.04. The molecule has 0 amide bonds. The molecule has 4 rings (SSSR count). The Kier molecular flexibility index (Phi) is 5.95. The first-order valence-corrected chi connectivity index (χ1v) is 10.8. The molecule has 0 bridgehead atoms. The van der Waals surface area contributed by atoms with Crippen molar-refractivity contribution in [1.29, 1.82) is 0 Å². The first kappa shape index (κ1) is 20.3. The zero-order valence-corrected chi connectivity index (χ0v) is 18.1. The fraction of sp³-hybridized carbons (Fsp3) is 0.250. The van der Waals surface area contributed by atoms with Crippen LogP contribution in [0.4, 0.5) is 0 Å². The molecule has 2 aliphatic rings. The van der Waals surface area contributed by atoms with Crippen LogP contribution in [0.1, 0.15) is 36.6 Å². The zero-order chi connectivity index (χ0) is 21.1. The summed E-state index contributed by atoms with van der Waals surface area (Å²) in [5.41, 5.74) is 4.43. The van der Waals surface area contributed by atoms with Gasteiger partial charge in [-0.3, -0.25) is 0 Å². The van der Waals surface area contributed by atoms with E-state index in [2.05, 4.69) is 36.2 Å². The van der Waals surface area contributed by atoms with Crippen LogP contribution in [-0.4, -0.2) is 22.6 Å². The first-order chi connectivity index (χ1) is 14.6. The smallest absolute Gasteiger partial charge is 0.338 e. The van der Waals surface area contributed by atoms with E-state index < -0.39 is 0 Å². The summed E-state index contributed by atoms with van der Waals surface area (Å²) in [6.45, 7) is 6.50. The summed E-state index contributed by atoms with van der Waals surface area (Å²) in [7, 11) is 0. The number of amidine groups is 1. The SMILES string of the molecule is CCOC(=O)C1=C(C)N=C2SC=CN2[C@@H]1c1ccccc1OCc1ccc(C)cc1. The minimum absolute atomic E-state index is 0.315. The number of fused-ring (bicyclic) bond motifs is 1. The summed E-state index contributed by atoms with van der Waals surface area (Å²) in [5.74, 6) is 0.394. The lowest BCUT2D eigenvalue weighted by Gasteiger charge is -2.34. The van der Waals surface area contributed by atoms with Gasteiger partial charge >= 0.3 is 5.97 Å². The van der Waals surface area contributed by atoms with Gasteiger partial charge in [-0.2, -0.15) is 0 Å². The molecular formula is C24H24N2O3S. The van der Waals surface area contributed by atoms with Crippen molar-refractivity contribution in [3.8, 4) is 5.75 Å². The van der Waals surface area contributed by atoms with E-state index in [0.29, 0.717) is 24.5 Å². The summed E-state index contributed by atoms with van der Waals surface area (Å²) in [6.07, 6.45) is 1.95. The van der Waals surface area contributed by atoms with Crippen LogP contribution in [-0.2, 0) is 16.1 Å². The second-order valence-corrected chi connectivity index (χ2v) is 8.01. The first-order valence-electron chi connectivity index (χ1n) is 9.94. The number of para-hydroxylation sites is 1. The van der Waals surface area contributed by atoms with E-state index in [1.165, 1.54) is 5.56 Å². The van der Waals surface area contributed by atoms with Gasteiger partial charge in [-0.05, 0) is 37.8 Å². The molecule has 0 aromatic heterocycles. The van der Waals surface area contributed by atoms with Gasteiger partial charge in [0, 0.05) is 11.8 Å². The lowest BCUT2D eigenvalue weighted by atomic mass is 9.94. The predicted molar refractivity (Wildman–Crippen MR) is 120 cm³/mol. The van der Waals surface area contributed by atoms with E-state index in [-0.39, 0.29) is 12.0 Å². The Bertz CT molecular complexity index is 1040. The molecule has 30 heavy (non-hydrogen) atoms. The van der Waals surface area contributed by atoms with Crippen LogP contribution in [0.15, 0.2) is 76.4 Å². The Morgan fingerprint density at radius 1 is 1.13 bits per heavy atom. The molecule has 5 nitrogen and oxygen atoms in total. The summed E-state index contributed by atoms with van der Waals surface area (Å²) >= 11 is 1.54. The standard InChI is InChI=1S/C24H24N2O3S/c1-4-28-23(27)21-17(3)25-24-26(13-14-30-24)22(21)19-7-5-6-8-20(19)29-15-18-11-9-16(2)10-12-18/h5-14,22H,4,15H2,1-3H3/t22-/m1/s1. The van der Waals surface area contributed by atoms with E-state index in [4.69, 9.17) is 9.47 Å². The van der Waals surface area contributed by atoms with Crippen molar-refractivity contribution in [2.24, 2.45) is 4.99 Å².